The molecule has 0 atom stereocenters. The Kier molecular flexibility index (Phi) is 7.04. The van der Waals surface area contributed by atoms with Crippen LogP contribution in [-0.4, -0.2) is 36.1 Å². The fourth-order valence-corrected chi connectivity index (χ4v) is 4.37. The third-order valence-corrected chi connectivity index (χ3v) is 6.06. The minimum absolute atomic E-state index is 0.242. The van der Waals surface area contributed by atoms with Gasteiger partial charge in [-0.25, -0.2) is 9.78 Å². The van der Waals surface area contributed by atoms with Gasteiger partial charge in [-0.1, -0.05) is 0 Å². The Bertz CT molecular complexity index is 1300. The molecular formula is C23H23N5O5S. The molecule has 3 N–H and O–H groups in total. The van der Waals surface area contributed by atoms with Gasteiger partial charge in [-0.3, -0.25) is 4.79 Å². The second-order valence-electron chi connectivity index (χ2n) is 7.24. The molecule has 3 aromatic heterocycles. The molecule has 3 heterocycles. The molecule has 0 radical (unpaired) electrons. The first-order chi connectivity index (χ1) is 16.5. The van der Waals surface area contributed by atoms with Gasteiger partial charge in [0.05, 0.1) is 30.2 Å². The lowest BCUT2D eigenvalue weighted by Crippen LogP contribution is -2.27. The van der Waals surface area contributed by atoms with Gasteiger partial charge in [0.1, 0.15) is 17.2 Å². The largest absolute Gasteiger partial charge is 0.480 e. The second-order valence-corrected chi connectivity index (χ2v) is 8.24. The van der Waals surface area contributed by atoms with Crippen LogP contribution >= 0.6 is 11.3 Å². The average molecular weight is 482 g/mol. The third kappa shape index (κ3) is 5.16. The highest BCUT2D eigenvalue weighted by Crippen LogP contribution is 2.35. The zero-order valence-corrected chi connectivity index (χ0v) is 19.6. The number of nitrogens with one attached hydrogen (secondary N) is 3. The monoisotopic (exact) mass is 481 g/mol. The normalized spacial score (nSPS) is 10.8. The number of hydrogen-bond acceptors (Lipinski definition) is 8. The molecule has 1 aromatic carbocycles. The van der Waals surface area contributed by atoms with E-state index in [1.807, 2.05) is 6.92 Å². The first kappa shape index (κ1) is 23.2. The Labute approximate surface area is 199 Å². The van der Waals surface area contributed by atoms with Gasteiger partial charge < -0.3 is 29.8 Å². The number of furan rings is 1. The predicted octanol–water partition coefficient (Wildman–Crippen LogP) is 4.32. The van der Waals surface area contributed by atoms with E-state index in [9.17, 15) is 9.59 Å². The molecular weight excluding hydrogens is 458 g/mol. The van der Waals surface area contributed by atoms with Gasteiger partial charge in [-0.15, -0.1) is 11.3 Å². The summed E-state index contributed by atoms with van der Waals surface area (Å²) in [6.45, 7) is 2.36. The van der Waals surface area contributed by atoms with Gasteiger partial charge in [0.2, 0.25) is 5.88 Å². The fraction of sp³-hybridized carbons (Fsp3) is 0.217. The minimum Gasteiger partial charge on any atom is -0.480 e. The molecule has 0 bridgehead atoms. The van der Waals surface area contributed by atoms with Crippen molar-refractivity contribution in [3.8, 4) is 5.88 Å². The van der Waals surface area contributed by atoms with Crippen LogP contribution in [0.15, 0.2) is 47.1 Å². The van der Waals surface area contributed by atoms with E-state index in [0.29, 0.717) is 43.9 Å². The summed E-state index contributed by atoms with van der Waals surface area (Å²) >= 11 is 1.27. The molecule has 0 aliphatic carbocycles. The third-order valence-electron chi connectivity index (χ3n) is 4.88. The number of amides is 3. The number of urea groups is 1. The molecule has 0 aliphatic rings. The number of thiophene rings is 1. The molecule has 4 rings (SSSR count). The van der Waals surface area contributed by atoms with E-state index in [1.165, 1.54) is 18.4 Å². The van der Waals surface area contributed by atoms with Crippen LogP contribution in [0.25, 0.3) is 10.2 Å². The maximum atomic E-state index is 13.0. The Morgan fingerprint density at radius 3 is 2.44 bits per heavy atom. The molecule has 0 fully saturated rings. The molecule has 0 unspecified atom stereocenters. The van der Waals surface area contributed by atoms with Gasteiger partial charge in [-0.05, 0) is 48.9 Å². The number of ether oxygens (including phenoxy) is 2. The molecule has 0 aliphatic heterocycles. The van der Waals surface area contributed by atoms with Crippen molar-refractivity contribution < 1.29 is 23.5 Å². The summed E-state index contributed by atoms with van der Waals surface area (Å²) in [6.07, 6.45) is 1.55. The number of hydrogen-bond donors (Lipinski definition) is 3. The van der Waals surface area contributed by atoms with Crippen LogP contribution in [0, 0.1) is 6.92 Å². The van der Waals surface area contributed by atoms with Crippen molar-refractivity contribution in [3.05, 3.63) is 64.7 Å². The number of methoxy groups -OCH3 is 2. The quantitative estimate of drug-likeness (QED) is 0.342. The molecule has 176 valence electrons. The van der Waals surface area contributed by atoms with Crippen LogP contribution in [0.2, 0.25) is 0 Å². The molecule has 34 heavy (non-hydrogen) atoms. The standard InChI is InChI=1S/C23H23N5O5S/c1-13-18-21(32-3)27-17(12-31-2)28-22(18)34-19(13)20(29)25-14-6-8-15(9-7-14)26-23(30)24-11-16-5-4-10-33-16/h4-10H,11-12H2,1-3H3,(H,25,29)(H2,24,26,30). The van der Waals surface area contributed by atoms with Crippen molar-refractivity contribution in [2.24, 2.45) is 0 Å². The zero-order valence-electron chi connectivity index (χ0n) is 18.8. The Balaban J connectivity index is 1.43. The predicted molar refractivity (Wildman–Crippen MR) is 128 cm³/mol. The Morgan fingerprint density at radius 2 is 1.79 bits per heavy atom. The van der Waals surface area contributed by atoms with Gasteiger partial charge in [0.15, 0.2) is 5.82 Å². The van der Waals surface area contributed by atoms with Crippen LogP contribution in [0.3, 0.4) is 0 Å². The summed E-state index contributed by atoms with van der Waals surface area (Å²) in [5.41, 5.74) is 1.91. The van der Waals surface area contributed by atoms with Crippen molar-refractivity contribution in [2.45, 2.75) is 20.1 Å². The van der Waals surface area contributed by atoms with Crippen molar-refractivity contribution in [2.75, 3.05) is 24.9 Å². The maximum Gasteiger partial charge on any atom is 0.319 e. The number of aromatic nitrogens is 2. The number of carbonyl (C=O) groups is 2. The topological polar surface area (TPSA) is 128 Å². The molecule has 0 spiro atoms. The van der Waals surface area contributed by atoms with Crippen molar-refractivity contribution in [1.29, 1.82) is 0 Å². The number of aryl methyl sites for hydroxylation is 1. The number of anilines is 2. The van der Waals surface area contributed by atoms with Gasteiger partial charge in [-0.2, -0.15) is 4.98 Å². The van der Waals surface area contributed by atoms with E-state index >= 15 is 0 Å². The van der Waals surface area contributed by atoms with Crippen molar-refractivity contribution >= 4 is 44.9 Å². The lowest BCUT2D eigenvalue weighted by molar-refractivity contribution is 0.103. The van der Waals surface area contributed by atoms with Crippen LogP contribution in [0.1, 0.15) is 26.8 Å². The average Bonchev–Trinajstić information content (AvgIpc) is 3.47. The smallest absolute Gasteiger partial charge is 0.319 e. The summed E-state index contributed by atoms with van der Waals surface area (Å²) in [5.74, 6) is 1.28. The van der Waals surface area contributed by atoms with E-state index in [4.69, 9.17) is 13.9 Å². The molecule has 0 saturated carbocycles. The highest BCUT2D eigenvalue weighted by Gasteiger charge is 2.21. The lowest BCUT2D eigenvalue weighted by Gasteiger charge is -2.08. The van der Waals surface area contributed by atoms with Gasteiger partial charge in [0, 0.05) is 18.5 Å². The Hall–Kier alpha value is -3.96. The highest BCUT2D eigenvalue weighted by molar-refractivity contribution is 7.20. The Morgan fingerprint density at radius 1 is 1.06 bits per heavy atom. The van der Waals surface area contributed by atoms with Crippen LogP contribution in [-0.2, 0) is 17.9 Å². The molecule has 4 aromatic rings. The van der Waals surface area contributed by atoms with Crippen LogP contribution in [0.5, 0.6) is 5.88 Å². The lowest BCUT2D eigenvalue weighted by atomic mass is 10.2. The van der Waals surface area contributed by atoms with Crippen LogP contribution in [0.4, 0.5) is 16.2 Å². The first-order valence-corrected chi connectivity index (χ1v) is 11.1. The number of benzene rings is 1. The van der Waals surface area contributed by atoms with Crippen molar-refractivity contribution in [3.63, 3.8) is 0 Å². The number of nitrogens with zero attached hydrogens (tertiary/aromatic N) is 2. The summed E-state index contributed by atoms with van der Waals surface area (Å²) in [4.78, 5) is 35.0. The summed E-state index contributed by atoms with van der Waals surface area (Å²) in [7, 11) is 3.09. The number of rotatable bonds is 8. The molecule has 11 heteroatoms. The minimum atomic E-state index is -0.364. The molecule has 3 amide bonds. The van der Waals surface area contributed by atoms with E-state index in [0.717, 1.165) is 5.56 Å². The molecule has 0 saturated heterocycles. The summed E-state index contributed by atoms with van der Waals surface area (Å²) in [6, 6.07) is 9.98. The highest BCUT2D eigenvalue weighted by atomic mass is 32.1. The van der Waals surface area contributed by atoms with Gasteiger partial charge in [0.25, 0.3) is 5.91 Å². The van der Waals surface area contributed by atoms with E-state index in [1.54, 1.807) is 49.8 Å². The maximum absolute atomic E-state index is 13.0. The SMILES string of the molecule is COCc1nc(OC)c2c(C)c(C(=O)Nc3ccc(NC(=O)NCc4ccco4)cc3)sc2n1. The van der Waals surface area contributed by atoms with Gasteiger partial charge >= 0.3 is 6.03 Å². The zero-order chi connectivity index (χ0) is 24.1. The summed E-state index contributed by atoms with van der Waals surface area (Å²) in [5, 5.41) is 9.02. The summed E-state index contributed by atoms with van der Waals surface area (Å²) < 4.78 is 15.7. The van der Waals surface area contributed by atoms with E-state index in [-0.39, 0.29) is 25.1 Å². The number of fused-ring (bicyclic) bond motifs is 1. The second kappa shape index (κ2) is 10.3. The fourth-order valence-electron chi connectivity index (χ4n) is 3.28. The molecule has 10 nitrogen and oxygen atoms in total. The van der Waals surface area contributed by atoms with Crippen molar-refractivity contribution in [1.82, 2.24) is 15.3 Å². The van der Waals surface area contributed by atoms with E-state index < -0.39 is 0 Å². The first-order valence-electron chi connectivity index (χ1n) is 10.3. The van der Waals surface area contributed by atoms with E-state index in [2.05, 4.69) is 25.9 Å². The van der Waals surface area contributed by atoms with Crippen LogP contribution < -0.4 is 20.7 Å². The number of carbonyl (C=O) groups excluding carboxylic acids is 2.